The van der Waals surface area contributed by atoms with Gasteiger partial charge in [0.2, 0.25) is 0 Å². The van der Waals surface area contributed by atoms with Crippen LogP contribution in [0.2, 0.25) is 0 Å². The molecule has 1 atom stereocenters. The minimum atomic E-state index is -0.707. The Morgan fingerprint density at radius 1 is 1.53 bits per heavy atom. The highest BCUT2D eigenvalue weighted by atomic mass is 16.7. The van der Waals surface area contributed by atoms with E-state index < -0.39 is 6.16 Å². The summed E-state index contributed by atoms with van der Waals surface area (Å²) in [6, 6.07) is 5.57. The quantitative estimate of drug-likeness (QED) is 0.563. The molecule has 15 heavy (non-hydrogen) atoms. The summed E-state index contributed by atoms with van der Waals surface area (Å²) in [5.41, 5.74) is 8.21. The molecule has 2 rings (SSSR count). The van der Waals surface area contributed by atoms with Gasteiger partial charge in [0.15, 0.2) is 0 Å². The average molecular weight is 207 g/mol. The molecular weight excluding hydrogens is 194 g/mol. The van der Waals surface area contributed by atoms with Crippen molar-refractivity contribution in [2.45, 2.75) is 18.9 Å². The maximum absolute atomic E-state index is 10.9. The fourth-order valence-corrected chi connectivity index (χ4v) is 1.81. The lowest BCUT2D eigenvalue weighted by molar-refractivity contribution is 0.121. The molecule has 0 bridgehead atoms. The summed E-state index contributed by atoms with van der Waals surface area (Å²) < 4.78 is 9.33. The van der Waals surface area contributed by atoms with E-state index in [1.54, 1.807) is 6.07 Å². The van der Waals surface area contributed by atoms with Crippen LogP contribution in [0.25, 0.3) is 0 Å². The van der Waals surface area contributed by atoms with Crippen LogP contribution in [0.3, 0.4) is 0 Å². The predicted octanol–water partition coefficient (Wildman–Crippen LogP) is 1.78. The van der Waals surface area contributed by atoms with E-state index in [1.165, 1.54) is 12.7 Å². The monoisotopic (exact) mass is 207 g/mol. The molecule has 0 radical (unpaired) electrons. The number of ether oxygens (including phenoxy) is 2. The van der Waals surface area contributed by atoms with Crippen molar-refractivity contribution in [2.75, 3.05) is 7.11 Å². The highest BCUT2D eigenvalue weighted by Gasteiger charge is 2.19. The molecule has 4 nitrogen and oxygen atoms in total. The smallest absolute Gasteiger partial charge is 0.437 e. The Morgan fingerprint density at radius 3 is 3.07 bits per heavy atom. The van der Waals surface area contributed by atoms with Crippen molar-refractivity contribution in [1.29, 1.82) is 0 Å². The number of hydrogen-bond donors (Lipinski definition) is 1. The van der Waals surface area contributed by atoms with Gasteiger partial charge in [-0.1, -0.05) is 6.07 Å². The molecular formula is C11H13NO3. The van der Waals surface area contributed by atoms with Crippen LogP contribution in [-0.4, -0.2) is 13.3 Å². The number of nitrogens with two attached hydrogens (primary N) is 1. The molecule has 0 heterocycles. The first-order valence-electron chi connectivity index (χ1n) is 4.85. The third-order valence-corrected chi connectivity index (χ3v) is 2.61. The normalized spacial score (nSPS) is 18.4. The molecule has 1 aromatic carbocycles. The van der Waals surface area contributed by atoms with E-state index in [0.29, 0.717) is 5.75 Å². The van der Waals surface area contributed by atoms with Crippen LogP contribution in [0.1, 0.15) is 23.6 Å². The zero-order valence-corrected chi connectivity index (χ0v) is 8.53. The molecule has 0 saturated heterocycles. The summed E-state index contributed by atoms with van der Waals surface area (Å²) in [5.74, 6) is 0.484. The summed E-state index contributed by atoms with van der Waals surface area (Å²) in [6.45, 7) is 0. The van der Waals surface area contributed by atoms with Crippen LogP contribution < -0.4 is 10.5 Å². The van der Waals surface area contributed by atoms with Gasteiger partial charge in [-0.05, 0) is 36.1 Å². The number of fused-ring (bicyclic) bond motifs is 1. The second-order valence-corrected chi connectivity index (χ2v) is 3.56. The van der Waals surface area contributed by atoms with E-state index in [9.17, 15) is 4.79 Å². The molecule has 0 aromatic heterocycles. The molecule has 1 aliphatic carbocycles. The highest BCUT2D eigenvalue weighted by Crippen LogP contribution is 2.32. The molecule has 0 saturated carbocycles. The van der Waals surface area contributed by atoms with Crippen LogP contribution in [0, 0.1) is 0 Å². The van der Waals surface area contributed by atoms with Crippen molar-refractivity contribution in [3.63, 3.8) is 0 Å². The lowest BCUT2D eigenvalue weighted by Gasteiger charge is -2.07. The lowest BCUT2D eigenvalue weighted by Crippen LogP contribution is -2.09. The topological polar surface area (TPSA) is 61.5 Å². The molecule has 0 spiro atoms. The molecule has 0 unspecified atom stereocenters. The lowest BCUT2D eigenvalue weighted by atomic mass is 10.1. The van der Waals surface area contributed by atoms with Gasteiger partial charge < -0.3 is 15.2 Å². The Kier molecular flexibility index (Phi) is 2.60. The fraction of sp³-hybridized carbons (Fsp3) is 0.364. The van der Waals surface area contributed by atoms with Crippen molar-refractivity contribution in [1.82, 2.24) is 0 Å². The van der Waals surface area contributed by atoms with Crippen molar-refractivity contribution < 1.29 is 14.3 Å². The summed E-state index contributed by atoms with van der Waals surface area (Å²) in [7, 11) is 1.28. The molecule has 80 valence electrons. The molecule has 1 aromatic rings. The van der Waals surface area contributed by atoms with Crippen molar-refractivity contribution in [2.24, 2.45) is 5.73 Å². The first-order valence-corrected chi connectivity index (χ1v) is 4.85. The van der Waals surface area contributed by atoms with Crippen molar-refractivity contribution in [3.05, 3.63) is 29.3 Å². The maximum Gasteiger partial charge on any atom is 0.513 e. The van der Waals surface area contributed by atoms with E-state index in [4.69, 9.17) is 10.5 Å². The summed E-state index contributed by atoms with van der Waals surface area (Å²) in [4.78, 5) is 10.9. The van der Waals surface area contributed by atoms with Gasteiger partial charge in [-0.15, -0.1) is 0 Å². The van der Waals surface area contributed by atoms with E-state index in [1.807, 2.05) is 12.1 Å². The Morgan fingerprint density at radius 2 is 2.33 bits per heavy atom. The van der Waals surface area contributed by atoms with E-state index in [-0.39, 0.29) is 6.04 Å². The average Bonchev–Trinajstić information content (AvgIpc) is 2.60. The number of carbonyl (C=O) groups is 1. The van der Waals surface area contributed by atoms with Gasteiger partial charge in [0, 0.05) is 6.04 Å². The summed E-state index contributed by atoms with van der Waals surface area (Å²) in [6.07, 6.45) is 1.24. The minimum absolute atomic E-state index is 0.0567. The van der Waals surface area contributed by atoms with E-state index in [0.717, 1.165) is 18.4 Å². The number of rotatable bonds is 1. The third-order valence-electron chi connectivity index (χ3n) is 2.61. The Bertz CT molecular complexity index is 389. The number of carbonyl (C=O) groups excluding carboxylic acids is 1. The Labute approximate surface area is 88.0 Å². The van der Waals surface area contributed by atoms with E-state index in [2.05, 4.69) is 4.74 Å². The third kappa shape index (κ3) is 1.94. The number of hydrogen-bond acceptors (Lipinski definition) is 4. The standard InChI is InChI=1S/C11H13NO3/c1-14-11(13)15-8-4-2-7-3-5-10(12)9(7)6-8/h2,4,6,10H,3,5,12H2,1H3/t10-/m1/s1. The Balaban J connectivity index is 2.21. The second-order valence-electron chi connectivity index (χ2n) is 3.56. The van der Waals surface area contributed by atoms with Crippen LogP contribution in [0.4, 0.5) is 4.79 Å². The van der Waals surface area contributed by atoms with Crippen molar-refractivity contribution in [3.8, 4) is 5.75 Å². The predicted molar refractivity (Wildman–Crippen MR) is 54.7 cm³/mol. The van der Waals surface area contributed by atoms with Gasteiger partial charge >= 0.3 is 6.16 Å². The van der Waals surface area contributed by atoms with Crippen LogP contribution in [0.15, 0.2) is 18.2 Å². The number of aryl methyl sites for hydroxylation is 1. The molecule has 1 aliphatic rings. The molecule has 2 N–H and O–H groups in total. The first-order chi connectivity index (χ1) is 7.20. The van der Waals surface area contributed by atoms with Gasteiger partial charge in [-0.2, -0.15) is 0 Å². The Hall–Kier alpha value is -1.55. The van der Waals surface area contributed by atoms with E-state index >= 15 is 0 Å². The zero-order valence-electron chi connectivity index (χ0n) is 8.53. The van der Waals surface area contributed by atoms with Crippen molar-refractivity contribution >= 4 is 6.16 Å². The zero-order chi connectivity index (χ0) is 10.8. The van der Waals surface area contributed by atoms with Gasteiger partial charge in [0.1, 0.15) is 5.75 Å². The first kappa shape index (κ1) is 9.98. The summed E-state index contributed by atoms with van der Waals surface area (Å²) in [5, 5.41) is 0. The van der Waals surface area contributed by atoms with Crippen LogP contribution >= 0.6 is 0 Å². The molecule has 0 fully saturated rings. The second kappa shape index (κ2) is 3.90. The van der Waals surface area contributed by atoms with Gasteiger partial charge in [0.05, 0.1) is 7.11 Å². The molecule has 0 aliphatic heterocycles. The largest absolute Gasteiger partial charge is 0.513 e. The van der Waals surface area contributed by atoms with Gasteiger partial charge in [-0.3, -0.25) is 0 Å². The van der Waals surface area contributed by atoms with Gasteiger partial charge in [-0.25, -0.2) is 4.79 Å². The molecule has 0 amide bonds. The minimum Gasteiger partial charge on any atom is -0.437 e. The maximum atomic E-state index is 10.9. The fourth-order valence-electron chi connectivity index (χ4n) is 1.81. The highest BCUT2D eigenvalue weighted by molar-refractivity contribution is 5.63. The van der Waals surface area contributed by atoms with Crippen LogP contribution in [-0.2, 0) is 11.2 Å². The number of methoxy groups -OCH3 is 1. The molecule has 4 heteroatoms. The number of benzene rings is 1. The summed E-state index contributed by atoms with van der Waals surface area (Å²) >= 11 is 0. The van der Waals surface area contributed by atoms with Gasteiger partial charge in [0.25, 0.3) is 0 Å². The van der Waals surface area contributed by atoms with Crippen LogP contribution in [0.5, 0.6) is 5.75 Å². The SMILES string of the molecule is COC(=O)Oc1ccc2c(c1)[C@H](N)CC2.